The summed E-state index contributed by atoms with van der Waals surface area (Å²) in [7, 11) is 0. The number of rotatable bonds is 2. The molecule has 2 aromatic rings. The molecule has 1 heterocycles. The third kappa shape index (κ3) is 2.24. The second kappa shape index (κ2) is 4.26. The molecule has 0 amide bonds. The number of benzene rings is 1. The first-order chi connectivity index (χ1) is 7.29. The summed E-state index contributed by atoms with van der Waals surface area (Å²) < 4.78 is 0. The number of hydrogen-bond acceptors (Lipinski definition) is 1. The Kier molecular flexibility index (Phi) is 2.82. The average Bonchev–Trinajstić information content (AvgIpc) is 2.29. The van der Waals surface area contributed by atoms with E-state index in [4.69, 9.17) is 0 Å². The highest BCUT2D eigenvalue weighted by Gasteiger charge is 1.97. The van der Waals surface area contributed by atoms with Crippen molar-refractivity contribution in [3.8, 4) is 11.1 Å². The lowest BCUT2D eigenvalue weighted by molar-refractivity contribution is 1.14. The van der Waals surface area contributed by atoms with Gasteiger partial charge in [-0.3, -0.25) is 4.98 Å². The van der Waals surface area contributed by atoms with Gasteiger partial charge in [-0.2, -0.15) is 0 Å². The van der Waals surface area contributed by atoms with Crippen molar-refractivity contribution in [3.05, 3.63) is 53.9 Å². The Morgan fingerprint density at radius 1 is 1.00 bits per heavy atom. The van der Waals surface area contributed by atoms with Crippen molar-refractivity contribution >= 4 is 0 Å². The van der Waals surface area contributed by atoms with E-state index < -0.39 is 0 Å². The van der Waals surface area contributed by atoms with Crippen LogP contribution in [0.2, 0.25) is 0 Å². The lowest BCUT2D eigenvalue weighted by atomic mass is 10.0. The summed E-state index contributed by atoms with van der Waals surface area (Å²) in [6.45, 7) is 4.24. The molecule has 0 saturated heterocycles. The number of pyridine rings is 1. The molecular formula is C14H15N. The fourth-order valence-electron chi connectivity index (χ4n) is 1.65. The van der Waals surface area contributed by atoms with Crippen molar-refractivity contribution in [2.45, 2.75) is 20.3 Å². The fraction of sp³-hybridized carbons (Fsp3) is 0.214. The summed E-state index contributed by atoms with van der Waals surface area (Å²) in [5.74, 6) is 0. The molecule has 15 heavy (non-hydrogen) atoms. The quantitative estimate of drug-likeness (QED) is 0.716. The zero-order valence-corrected chi connectivity index (χ0v) is 9.20. The molecule has 1 nitrogen and oxygen atoms in total. The van der Waals surface area contributed by atoms with Crippen LogP contribution in [0.4, 0.5) is 0 Å². The first-order valence-corrected chi connectivity index (χ1v) is 5.30. The number of aromatic nitrogens is 1. The molecule has 0 aliphatic heterocycles. The van der Waals surface area contributed by atoms with E-state index in [1.54, 1.807) is 0 Å². The van der Waals surface area contributed by atoms with Crippen LogP contribution >= 0.6 is 0 Å². The third-order valence-electron chi connectivity index (χ3n) is 2.57. The Balaban J connectivity index is 2.37. The summed E-state index contributed by atoms with van der Waals surface area (Å²) in [4.78, 5) is 4.20. The summed E-state index contributed by atoms with van der Waals surface area (Å²) >= 11 is 0. The molecule has 0 unspecified atom stereocenters. The smallest absolute Gasteiger partial charge is 0.0346 e. The van der Waals surface area contributed by atoms with Crippen molar-refractivity contribution in [3.63, 3.8) is 0 Å². The van der Waals surface area contributed by atoms with E-state index in [1.165, 1.54) is 22.3 Å². The summed E-state index contributed by atoms with van der Waals surface area (Å²) in [5.41, 5.74) is 5.01. The predicted octanol–water partition coefficient (Wildman–Crippen LogP) is 3.62. The Morgan fingerprint density at radius 2 is 1.73 bits per heavy atom. The van der Waals surface area contributed by atoms with E-state index >= 15 is 0 Å². The summed E-state index contributed by atoms with van der Waals surface area (Å²) in [6.07, 6.45) is 4.88. The molecule has 0 N–H and O–H groups in total. The maximum atomic E-state index is 4.20. The molecule has 0 atom stereocenters. The van der Waals surface area contributed by atoms with Gasteiger partial charge in [0.15, 0.2) is 0 Å². The minimum atomic E-state index is 1.09. The van der Waals surface area contributed by atoms with Crippen LogP contribution in [0.15, 0.2) is 42.7 Å². The van der Waals surface area contributed by atoms with E-state index in [2.05, 4.69) is 49.2 Å². The Labute approximate surface area is 90.8 Å². The molecule has 0 fully saturated rings. The normalized spacial score (nSPS) is 10.3. The molecule has 76 valence electrons. The molecular weight excluding hydrogens is 182 g/mol. The van der Waals surface area contributed by atoms with Crippen molar-refractivity contribution in [2.24, 2.45) is 0 Å². The third-order valence-corrected chi connectivity index (χ3v) is 2.57. The molecule has 2 rings (SSSR count). The molecule has 0 aliphatic rings. The van der Waals surface area contributed by atoms with Gasteiger partial charge in [-0.25, -0.2) is 0 Å². The minimum absolute atomic E-state index is 1.09. The van der Waals surface area contributed by atoms with E-state index in [1.807, 2.05) is 12.4 Å². The minimum Gasteiger partial charge on any atom is -0.264 e. The number of hydrogen-bond donors (Lipinski definition) is 0. The van der Waals surface area contributed by atoms with Gasteiger partial charge in [0.25, 0.3) is 0 Å². The van der Waals surface area contributed by atoms with Gasteiger partial charge in [0.1, 0.15) is 0 Å². The molecule has 0 radical (unpaired) electrons. The van der Waals surface area contributed by atoms with Crippen molar-refractivity contribution in [1.82, 2.24) is 4.98 Å². The highest BCUT2D eigenvalue weighted by Crippen LogP contribution is 2.19. The van der Waals surface area contributed by atoms with Crippen molar-refractivity contribution in [2.75, 3.05) is 0 Å². The Bertz CT molecular complexity index is 443. The van der Waals surface area contributed by atoms with Gasteiger partial charge < -0.3 is 0 Å². The lowest BCUT2D eigenvalue weighted by Crippen LogP contribution is -1.84. The SMILES string of the molecule is CCc1ccc(-c2cncc(C)c2)cc1. The van der Waals surface area contributed by atoms with E-state index in [0.717, 1.165) is 6.42 Å². The molecule has 1 aromatic heterocycles. The van der Waals surface area contributed by atoms with Gasteiger partial charge in [-0.05, 0) is 36.1 Å². The van der Waals surface area contributed by atoms with Crippen molar-refractivity contribution in [1.29, 1.82) is 0 Å². The molecule has 0 spiro atoms. The fourth-order valence-corrected chi connectivity index (χ4v) is 1.65. The largest absolute Gasteiger partial charge is 0.264 e. The van der Waals surface area contributed by atoms with Crippen LogP contribution in [-0.4, -0.2) is 4.98 Å². The lowest BCUT2D eigenvalue weighted by Gasteiger charge is -2.03. The maximum absolute atomic E-state index is 4.20. The van der Waals surface area contributed by atoms with Gasteiger partial charge in [0.05, 0.1) is 0 Å². The highest BCUT2D eigenvalue weighted by molar-refractivity contribution is 5.63. The summed E-state index contributed by atoms with van der Waals surface area (Å²) in [6, 6.07) is 10.8. The van der Waals surface area contributed by atoms with Crippen LogP contribution in [0.1, 0.15) is 18.1 Å². The molecule has 0 saturated carbocycles. The van der Waals surface area contributed by atoms with Crippen LogP contribution in [-0.2, 0) is 6.42 Å². The first kappa shape index (κ1) is 9.91. The van der Waals surface area contributed by atoms with Crippen LogP contribution in [0.25, 0.3) is 11.1 Å². The van der Waals surface area contributed by atoms with Crippen LogP contribution in [0.5, 0.6) is 0 Å². The zero-order valence-electron chi connectivity index (χ0n) is 9.20. The monoisotopic (exact) mass is 197 g/mol. The van der Waals surface area contributed by atoms with Crippen molar-refractivity contribution < 1.29 is 0 Å². The van der Waals surface area contributed by atoms with E-state index in [9.17, 15) is 0 Å². The highest BCUT2D eigenvalue weighted by atomic mass is 14.6. The molecule has 1 heteroatoms. The van der Waals surface area contributed by atoms with E-state index in [-0.39, 0.29) is 0 Å². The average molecular weight is 197 g/mol. The molecule has 1 aromatic carbocycles. The van der Waals surface area contributed by atoms with Crippen LogP contribution in [0, 0.1) is 6.92 Å². The van der Waals surface area contributed by atoms with E-state index in [0.29, 0.717) is 0 Å². The molecule has 0 aliphatic carbocycles. The van der Waals surface area contributed by atoms with Crippen LogP contribution < -0.4 is 0 Å². The number of nitrogens with zero attached hydrogens (tertiary/aromatic N) is 1. The Hall–Kier alpha value is -1.63. The van der Waals surface area contributed by atoms with Gasteiger partial charge >= 0.3 is 0 Å². The second-order valence-corrected chi connectivity index (χ2v) is 3.80. The topological polar surface area (TPSA) is 12.9 Å². The van der Waals surface area contributed by atoms with Gasteiger partial charge in [-0.1, -0.05) is 31.2 Å². The predicted molar refractivity (Wildman–Crippen MR) is 63.8 cm³/mol. The van der Waals surface area contributed by atoms with Crippen LogP contribution in [0.3, 0.4) is 0 Å². The van der Waals surface area contributed by atoms with Gasteiger partial charge in [-0.15, -0.1) is 0 Å². The molecule has 0 bridgehead atoms. The standard InChI is InChI=1S/C14H15N/c1-3-12-4-6-13(7-5-12)14-8-11(2)9-15-10-14/h4-10H,3H2,1-2H3. The second-order valence-electron chi connectivity index (χ2n) is 3.80. The first-order valence-electron chi connectivity index (χ1n) is 5.30. The van der Waals surface area contributed by atoms with Gasteiger partial charge in [0, 0.05) is 18.0 Å². The zero-order chi connectivity index (χ0) is 10.7. The maximum Gasteiger partial charge on any atom is 0.0346 e. The Morgan fingerprint density at radius 3 is 2.33 bits per heavy atom. The van der Waals surface area contributed by atoms with Gasteiger partial charge in [0.2, 0.25) is 0 Å². The summed E-state index contributed by atoms with van der Waals surface area (Å²) in [5, 5.41) is 0. The number of aryl methyl sites for hydroxylation is 2.